The fraction of sp³-hybridized carbons (Fsp3) is 0.211. The Balaban J connectivity index is 1.99. The molecule has 1 unspecified atom stereocenters. The maximum absolute atomic E-state index is 12.0. The first-order valence-corrected chi connectivity index (χ1v) is 9.11. The van der Waals surface area contributed by atoms with Crippen LogP contribution in [0.2, 0.25) is 0 Å². The number of nitrogens with two attached hydrogens (primary N) is 1. The second-order valence-corrected chi connectivity index (χ2v) is 6.63. The standard InChI is InChI=1S/C19H20N4O2S/c1-3-23-18(14-11-7-8-12-15(14)25-2)21-22-19(23)26-16(17(20)24)13-9-5-4-6-10-13/h4-12,16H,3H2,1-2H3,(H2,20,24). The van der Waals surface area contributed by atoms with E-state index in [0.29, 0.717) is 17.5 Å². The Labute approximate surface area is 156 Å². The first-order chi connectivity index (χ1) is 12.7. The van der Waals surface area contributed by atoms with E-state index in [1.807, 2.05) is 66.1 Å². The van der Waals surface area contributed by atoms with Crippen molar-refractivity contribution in [1.29, 1.82) is 0 Å². The number of methoxy groups -OCH3 is 1. The van der Waals surface area contributed by atoms with Crippen molar-refractivity contribution in [2.24, 2.45) is 5.73 Å². The predicted octanol–water partition coefficient (Wildman–Crippen LogP) is 3.29. The van der Waals surface area contributed by atoms with Gasteiger partial charge in [-0.2, -0.15) is 0 Å². The highest BCUT2D eigenvalue weighted by atomic mass is 32.2. The molecule has 3 aromatic rings. The van der Waals surface area contributed by atoms with Crippen LogP contribution in [-0.2, 0) is 11.3 Å². The van der Waals surface area contributed by atoms with Crippen LogP contribution in [0.25, 0.3) is 11.4 Å². The lowest BCUT2D eigenvalue weighted by molar-refractivity contribution is -0.117. The first-order valence-electron chi connectivity index (χ1n) is 8.23. The predicted molar refractivity (Wildman–Crippen MR) is 102 cm³/mol. The molecule has 0 saturated heterocycles. The number of rotatable bonds is 7. The molecular weight excluding hydrogens is 348 g/mol. The molecule has 2 aromatic carbocycles. The monoisotopic (exact) mass is 368 g/mol. The number of ether oxygens (including phenoxy) is 1. The van der Waals surface area contributed by atoms with Gasteiger partial charge in [-0.15, -0.1) is 10.2 Å². The van der Waals surface area contributed by atoms with Crippen LogP contribution < -0.4 is 10.5 Å². The molecule has 1 aromatic heterocycles. The van der Waals surface area contributed by atoms with Gasteiger partial charge < -0.3 is 15.0 Å². The van der Waals surface area contributed by atoms with Gasteiger partial charge >= 0.3 is 0 Å². The minimum absolute atomic E-state index is 0.411. The molecule has 0 bridgehead atoms. The number of benzene rings is 2. The molecule has 0 aliphatic heterocycles. The molecular formula is C19H20N4O2S. The van der Waals surface area contributed by atoms with Crippen molar-refractivity contribution >= 4 is 17.7 Å². The van der Waals surface area contributed by atoms with E-state index in [9.17, 15) is 4.79 Å². The summed E-state index contributed by atoms with van der Waals surface area (Å²) in [6, 6.07) is 17.1. The smallest absolute Gasteiger partial charge is 0.235 e. The molecule has 3 rings (SSSR count). The van der Waals surface area contributed by atoms with Crippen LogP contribution in [0.15, 0.2) is 59.8 Å². The number of hydrogen-bond donors (Lipinski definition) is 1. The molecule has 0 fully saturated rings. The molecule has 7 heteroatoms. The van der Waals surface area contributed by atoms with Crippen LogP contribution in [0, 0.1) is 0 Å². The van der Waals surface area contributed by atoms with Gasteiger partial charge in [0.25, 0.3) is 0 Å². The van der Waals surface area contributed by atoms with Crippen molar-refractivity contribution in [3.8, 4) is 17.1 Å². The van der Waals surface area contributed by atoms with Crippen LogP contribution in [0.3, 0.4) is 0 Å². The van der Waals surface area contributed by atoms with Gasteiger partial charge in [0, 0.05) is 6.54 Å². The number of nitrogens with zero attached hydrogens (tertiary/aromatic N) is 3. The summed E-state index contributed by atoms with van der Waals surface area (Å²) < 4.78 is 7.39. The number of primary amides is 1. The molecule has 1 atom stereocenters. The summed E-state index contributed by atoms with van der Waals surface area (Å²) in [5.74, 6) is 1.01. The molecule has 1 heterocycles. The number of carbonyl (C=O) groups is 1. The van der Waals surface area contributed by atoms with Gasteiger partial charge in [-0.05, 0) is 24.6 Å². The molecule has 134 valence electrons. The van der Waals surface area contributed by atoms with E-state index in [-0.39, 0.29) is 0 Å². The zero-order valence-corrected chi connectivity index (χ0v) is 15.4. The molecule has 0 aliphatic rings. The Morgan fingerprint density at radius 3 is 2.50 bits per heavy atom. The van der Waals surface area contributed by atoms with E-state index in [1.165, 1.54) is 11.8 Å². The van der Waals surface area contributed by atoms with Gasteiger partial charge in [0.1, 0.15) is 11.0 Å². The van der Waals surface area contributed by atoms with Crippen LogP contribution in [0.1, 0.15) is 17.7 Å². The maximum Gasteiger partial charge on any atom is 0.235 e. The lowest BCUT2D eigenvalue weighted by atomic mass is 10.1. The highest BCUT2D eigenvalue weighted by Crippen LogP contribution is 2.37. The molecule has 1 amide bonds. The summed E-state index contributed by atoms with van der Waals surface area (Å²) in [6.07, 6.45) is 0. The van der Waals surface area contributed by atoms with E-state index < -0.39 is 11.2 Å². The zero-order valence-electron chi connectivity index (χ0n) is 14.6. The van der Waals surface area contributed by atoms with E-state index in [1.54, 1.807) is 7.11 Å². The van der Waals surface area contributed by atoms with Crippen molar-refractivity contribution in [2.75, 3.05) is 7.11 Å². The summed E-state index contributed by atoms with van der Waals surface area (Å²) in [5, 5.41) is 8.74. The van der Waals surface area contributed by atoms with Gasteiger partial charge in [0.2, 0.25) is 5.91 Å². The summed E-state index contributed by atoms with van der Waals surface area (Å²) in [4.78, 5) is 12.0. The van der Waals surface area contributed by atoms with Crippen molar-refractivity contribution in [3.05, 3.63) is 60.2 Å². The number of aromatic nitrogens is 3. The summed E-state index contributed by atoms with van der Waals surface area (Å²) in [5.41, 5.74) is 7.33. The number of carbonyl (C=O) groups excluding carboxylic acids is 1. The molecule has 0 saturated carbocycles. The number of thioether (sulfide) groups is 1. The quantitative estimate of drug-likeness (QED) is 0.647. The SMILES string of the molecule is CCn1c(SC(C(N)=O)c2ccccc2)nnc1-c1ccccc1OC. The minimum atomic E-state index is -0.531. The van der Waals surface area contributed by atoms with Gasteiger partial charge in [0.05, 0.1) is 12.7 Å². The molecule has 0 radical (unpaired) electrons. The van der Waals surface area contributed by atoms with Gasteiger partial charge in [-0.3, -0.25) is 4.79 Å². The molecule has 2 N–H and O–H groups in total. The van der Waals surface area contributed by atoms with Crippen LogP contribution in [0.5, 0.6) is 5.75 Å². The Morgan fingerprint density at radius 1 is 1.15 bits per heavy atom. The fourth-order valence-corrected chi connectivity index (χ4v) is 3.76. The maximum atomic E-state index is 12.0. The van der Waals surface area contributed by atoms with E-state index in [0.717, 1.165) is 16.9 Å². The summed E-state index contributed by atoms with van der Waals surface area (Å²) in [6.45, 7) is 2.66. The van der Waals surface area contributed by atoms with Crippen LogP contribution in [-0.4, -0.2) is 27.8 Å². The van der Waals surface area contributed by atoms with Gasteiger partial charge in [-0.25, -0.2) is 0 Å². The van der Waals surface area contributed by atoms with Crippen LogP contribution >= 0.6 is 11.8 Å². The third kappa shape index (κ3) is 3.57. The van der Waals surface area contributed by atoms with E-state index >= 15 is 0 Å². The second kappa shape index (κ2) is 8.05. The number of hydrogen-bond acceptors (Lipinski definition) is 5. The van der Waals surface area contributed by atoms with Crippen molar-refractivity contribution in [1.82, 2.24) is 14.8 Å². The Bertz CT molecular complexity index is 896. The zero-order chi connectivity index (χ0) is 18.5. The Kier molecular flexibility index (Phi) is 5.58. The molecule has 0 aliphatic carbocycles. The van der Waals surface area contributed by atoms with E-state index in [2.05, 4.69) is 10.2 Å². The average molecular weight is 368 g/mol. The van der Waals surface area contributed by atoms with E-state index in [4.69, 9.17) is 10.5 Å². The highest BCUT2D eigenvalue weighted by molar-refractivity contribution is 8.00. The second-order valence-electron chi connectivity index (χ2n) is 5.56. The lowest BCUT2D eigenvalue weighted by Gasteiger charge is -2.14. The summed E-state index contributed by atoms with van der Waals surface area (Å²) in [7, 11) is 1.62. The average Bonchev–Trinajstić information content (AvgIpc) is 3.08. The van der Waals surface area contributed by atoms with Crippen molar-refractivity contribution in [2.45, 2.75) is 23.9 Å². The number of amides is 1. The van der Waals surface area contributed by atoms with Crippen molar-refractivity contribution in [3.63, 3.8) is 0 Å². The molecule has 6 nitrogen and oxygen atoms in total. The largest absolute Gasteiger partial charge is 0.496 e. The molecule has 0 spiro atoms. The molecule has 26 heavy (non-hydrogen) atoms. The van der Waals surface area contributed by atoms with Gasteiger partial charge in [0.15, 0.2) is 11.0 Å². The first kappa shape index (κ1) is 18.0. The Morgan fingerprint density at radius 2 is 1.85 bits per heavy atom. The lowest BCUT2D eigenvalue weighted by Crippen LogP contribution is -2.19. The Hall–Kier alpha value is -2.80. The minimum Gasteiger partial charge on any atom is -0.496 e. The number of para-hydroxylation sites is 1. The fourth-order valence-electron chi connectivity index (χ4n) is 2.71. The topological polar surface area (TPSA) is 83.0 Å². The third-order valence-corrected chi connectivity index (χ3v) is 5.22. The highest BCUT2D eigenvalue weighted by Gasteiger charge is 2.24. The van der Waals surface area contributed by atoms with Crippen LogP contribution in [0.4, 0.5) is 0 Å². The normalized spacial score (nSPS) is 11.9. The third-order valence-electron chi connectivity index (χ3n) is 3.96. The van der Waals surface area contributed by atoms with Crippen molar-refractivity contribution < 1.29 is 9.53 Å². The van der Waals surface area contributed by atoms with Gasteiger partial charge in [-0.1, -0.05) is 54.2 Å². The summed E-state index contributed by atoms with van der Waals surface area (Å²) >= 11 is 1.30.